The van der Waals surface area contributed by atoms with Crippen molar-refractivity contribution in [2.45, 2.75) is 50.7 Å². The van der Waals surface area contributed by atoms with Gasteiger partial charge < -0.3 is 14.7 Å². The number of carbonyl (C=O) groups excluding carboxylic acids is 1. The normalized spacial score (nSPS) is 28.6. The van der Waals surface area contributed by atoms with E-state index < -0.39 is 0 Å². The molecule has 1 aliphatic carbocycles. The second-order valence-electron chi connectivity index (χ2n) is 7.10. The minimum Gasteiger partial charge on any atom is -0.392 e. The summed E-state index contributed by atoms with van der Waals surface area (Å²) in [4.78, 5) is 25.2. The molecule has 1 aromatic rings. The van der Waals surface area contributed by atoms with E-state index in [4.69, 9.17) is 4.74 Å². The molecule has 0 radical (unpaired) electrons. The van der Waals surface area contributed by atoms with Gasteiger partial charge in [0.05, 0.1) is 17.4 Å². The highest BCUT2D eigenvalue weighted by molar-refractivity contribution is 5.76. The van der Waals surface area contributed by atoms with Crippen LogP contribution in [0.4, 0.5) is 0 Å². The highest BCUT2D eigenvalue weighted by Gasteiger charge is 2.63. The Bertz CT molecular complexity index is 646. The molecule has 0 bridgehead atoms. The van der Waals surface area contributed by atoms with Gasteiger partial charge in [-0.25, -0.2) is 5.10 Å². The number of aromatic amines is 1. The average molecular weight is 335 g/mol. The number of rotatable bonds is 4. The first-order chi connectivity index (χ1) is 11.4. The molecule has 132 valence electrons. The third-order valence-electron chi connectivity index (χ3n) is 6.06. The summed E-state index contributed by atoms with van der Waals surface area (Å²) in [6, 6.07) is 3.06. The second kappa shape index (κ2) is 6.29. The minimum absolute atomic E-state index is 0.0887. The molecule has 2 heterocycles. The molecule has 7 nitrogen and oxygen atoms in total. The largest absolute Gasteiger partial charge is 0.392 e. The lowest BCUT2D eigenvalue weighted by molar-refractivity contribution is -0.261. The molecule has 1 saturated carbocycles. The number of likely N-dealkylation sites (tertiary alicyclic amines) is 1. The Hall–Kier alpha value is -1.73. The van der Waals surface area contributed by atoms with Gasteiger partial charge in [-0.2, -0.15) is 5.10 Å². The summed E-state index contributed by atoms with van der Waals surface area (Å²) in [5.41, 5.74) is -0.0510. The first kappa shape index (κ1) is 17.1. The summed E-state index contributed by atoms with van der Waals surface area (Å²) in [5, 5.41) is 16.6. The zero-order valence-corrected chi connectivity index (χ0v) is 14.2. The highest BCUT2D eigenvalue weighted by atomic mass is 16.5. The van der Waals surface area contributed by atoms with Gasteiger partial charge in [0.25, 0.3) is 5.56 Å². The number of amides is 1. The van der Waals surface area contributed by atoms with Gasteiger partial charge in [-0.15, -0.1) is 0 Å². The van der Waals surface area contributed by atoms with Gasteiger partial charge in [0.1, 0.15) is 0 Å². The van der Waals surface area contributed by atoms with Crippen LogP contribution in [0.15, 0.2) is 16.9 Å². The summed E-state index contributed by atoms with van der Waals surface area (Å²) in [6.45, 7) is 3.35. The van der Waals surface area contributed by atoms with Crippen LogP contribution in [0, 0.1) is 5.41 Å². The van der Waals surface area contributed by atoms with Crippen LogP contribution in [0.25, 0.3) is 0 Å². The van der Waals surface area contributed by atoms with Crippen LogP contribution < -0.4 is 5.56 Å². The predicted octanol–water partition coefficient (Wildman–Crippen LogP) is 0.481. The number of nitrogens with one attached hydrogen (secondary N) is 1. The minimum atomic E-state index is -0.343. The molecule has 0 unspecified atom stereocenters. The number of piperidine rings is 1. The van der Waals surface area contributed by atoms with Gasteiger partial charge in [-0.1, -0.05) is 0 Å². The zero-order chi connectivity index (χ0) is 17.4. The molecule has 24 heavy (non-hydrogen) atoms. The van der Waals surface area contributed by atoms with Crippen molar-refractivity contribution >= 4 is 5.91 Å². The van der Waals surface area contributed by atoms with Gasteiger partial charge in [-0.3, -0.25) is 9.59 Å². The fourth-order valence-corrected chi connectivity index (χ4v) is 4.20. The number of ether oxygens (including phenoxy) is 1. The smallest absolute Gasteiger partial charge is 0.264 e. The molecule has 2 fully saturated rings. The number of H-pyrrole nitrogens is 1. The van der Waals surface area contributed by atoms with Crippen molar-refractivity contribution in [3.63, 3.8) is 0 Å². The summed E-state index contributed by atoms with van der Waals surface area (Å²) in [7, 11) is 1.70. The molecule has 2 atom stereocenters. The van der Waals surface area contributed by atoms with Gasteiger partial charge in [0, 0.05) is 50.9 Å². The monoisotopic (exact) mass is 335 g/mol. The molecule has 0 aromatic carbocycles. The number of aliphatic hydroxyl groups excluding tert-OH is 1. The molecule has 1 amide bonds. The van der Waals surface area contributed by atoms with Crippen molar-refractivity contribution in [2.75, 3.05) is 20.2 Å². The van der Waals surface area contributed by atoms with Gasteiger partial charge >= 0.3 is 0 Å². The number of methoxy groups -OCH3 is 1. The van der Waals surface area contributed by atoms with Crippen LogP contribution >= 0.6 is 0 Å². The molecule has 2 aliphatic rings. The third kappa shape index (κ3) is 2.75. The Balaban J connectivity index is 1.54. The lowest BCUT2D eigenvalue weighted by Crippen LogP contribution is -2.69. The molecule has 1 aliphatic heterocycles. The number of carbonyl (C=O) groups is 1. The van der Waals surface area contributed by atoms with Gasteiger partial charge in [0.2, 0.25) is 5.91 Å². The maximum atomic E-state index is 12.4. The van der Waals surface area contributed by atoms with Crippen molar-refractivity contribution < 1.29 is 14.6 Å². The number of hydrogen-bond donors (Lipinski definition) is 2. The number of aromatic nitrogens is 2. The second-order valence-corrected chi connectivity index (χ2v) is 7.10. The van der Waals surface area contributed by atoms with E-state index >= 15 is 0 Å². The van der Waals surface area contributed by atoms with Crippen molar-refractivity contribution in [1.29, 1.82) is 0 Å². The van der Waals surface area contributed by atoms with Crippen LogP contribution in [0.5, 0.6) is 0 Å². The zero-order valence-electron chi connectivity index (χ0n) is 14.2. The van der Waals surface area contributed by atoms with E-state index in [2.05, 4.69) is 17.1 Å². The standard InChI is InChI=1S/C17H25N3O4/c1-16(24-2)11-13(21)17(16)7-9-20(10-8-17)15(23)6-4-12-3-5-14(22)19-18-12/h3,5,13,21H,4,6-11H2,1-2H3,(H,19,22)/t13-,16+/m1/s1. The molecule has 1 aromatic heterocycles. The van der Waals surface area contributed by atoms with E-state index in [-0.39, 0.29) is 28.6 Å². The van der Waals surface area contributed by atoms with Crippen molar-refractivity contribution in [3.8, 4) is 0 Å². The maximum absolute atomic E-state index is 12.4. The topological polar surface area (TPSA) is 95.5 Å². The maximum Gasteiger partial charge on any atom is 0.264 e. The van der Waals surface area contributed by atoms with Crippen molar-refractivity contribution in [1.82, 2.24) is 15.1 Å². The van der Waals surface area contributed by atoms with E-state index in [1.807, 2.05) is 4.90 Å². The fraction of sp³-hybridized carbons (Fsp3) is 0.706. The lowest BCUT2D eigenvalue weighted by Gasteiger charge is -2.62. The molecular weight excluding hydrogens is 310 g/mol. The van der Waals surface area contributed by atoms with E-state index in [1.54, 1.807) is 13.2 Å². The summed E-state index contributed by atoms with van der Waals surface area (Å²) in [6.07, 6.45) is 2.73. The quantitative estimate of drug-likeness (QED) is 0.834. The Morgan fingerprint density at radius 2 is 2.17 bits per heavy atom. The number of hydrogen-bond acceptors (Lipinski definition) is 5. The van der Waals surface area contributed by atoms with E-state index in [0.717, 1.165) is 12.8 Å². The van der Waals surface area contributed by atoms with Gasteiger partial charge in [0.15, 0.2) is 0 Å². The SMILES string of the molecule is CO[C@@]1(C)C[C@@H](O)C12CCN(C(=O)CCc1ccc(=O)[nH]n1)CC2. The number of aliphatic hydroxyl groups is 1. The molecule has 2 N–H and O–H groups in total. The first-order valence-electron chi connectivity index (χ1n) is 8.46. The lowest BCUT2D eigenvalue weighted by atomic mass is 9.51. The summed E-state index contributed by atoms with van der Waals surface area (Å²) in [5.74, 6) is 0.0887. The highest BCUT2D eigenvalue weighted by Crippen LogP contribution is 2.57. The average Bonchev–Trinajstić information content (AvgIpc) is 2.61. The van der Waals surface area contributed by atoms with Crippen molar-refractivity contribution in [2.24, 2.45) is 5.41 Å². The molecule has 3 rings (SSSR count). The number of nitrogens with zero attached hydrogens (tertiary/aromatic N) is 2. The summed E-state index contributed by atoms with van der Waals surface area (Å²) >= 11 is 0. The fourth-order valence-electron chi connectivity index (χ4n) is 4.20. The molecule has 1 spiro atoms. The number of aryl methyl sites for hydroxylation is 1. The van der Waals surface area contributed by atoms with Crippen LogP contribution in [0.2, 0.25) is 0 Å². The molecule has 1 saturated heterocycles. The van der Waals surface area contributed by atoms with E-state index in [9.17, 15) is 14.7 Å². The van der Waals surface area contributed by atoms with Crippen LogP contribution in [-0.4, -0.2) is 58.0 Å². The Kier molecular flexibility index (Phi) is 4.48. The predicted molar refractivity (Wildman–Crippen MR) is 87.5 cm³/mol. The Morgan fingerprint density at radius 3 is 2.71 bits per heavy atom. The van der Waals surface area contributed by atoms with Crippen LogP contribution in [0.1, 0.15) is 38.3 Å². The first-order valence-corrected chi connectivity index (χ1v) is 8.46. The van der Waals surface area contributed by atoms with Crippen LogP contribution in [-0.2, 0) is 16.0 Å². The Morgan fingerprint density at radius 1 is 1.46 bits per heavy atom. The molecular formula is C17H25N3O4. The summed E-state index contributed by atoms with van der Waals surface area (Å²) < 4.78 is 5.65. The Labute approximate surface area is 141 Å². The van der Waals surface area contributed by atoms with Gasteiger partial charge in [-0.05, 0) is 25.8 Å². The van der Waals surface area contributed by atoms with Crippen molar-refractivity contribution in [3.05, 3.63) is 28.2 Å². The van der Waals surface area contributed by atoms with Crippen LogP contribution in [0.3, 0.4) is 0 Å². The van der Waals surface area contributed by atoms with E-state index in [0.29, 0.717) is 38.0 Å². The van der Waals surface area contributed by atoms with E-state index in [1.165, 1.54) is 6.07 Å². The molecule has 7 heteroatoms. The third-order valence-corrected chi connectivity index (χ3v) is 6.06.